The first kappa shape index (κ1) is 26.9. The number of nitriles is 1. The maximum absolute atomic E-state index is 12.7. The Kier molecular flexibility index (Phi) is 9.63. The summed E-state index contributed by atoms with van der Waals surface area (Å²) in [5.74, 6) is 0.459. The van der Waals surface area contributed by atoms with Crippen LogP contribution >= 0.6 is 23.2 Å². The number of amides is 1. The van der Waals surface area contributed by atoms with E-state index in [1.54, 1.807) is 36.4 Å². The van der Waals surface area contributed by atoms with Gasteiger partial charge in [0.05, 0.1) is 7.11 Å². The fraction of sp³-hybridized carbons (Fsp3) is 0.214. The highest BCUT2D eigenvalue weighted by Crippen LogP contribution is 2.31. The Balaban J connectivity index is 1.72. The summed E-state index contributed by atoms with van der Waals surface area (Å²) in [5, 5.41) is 13.4. The number of hydrogen-bond acceptors (Lipinski definition) is 5. The molecule has 0 saturated heterocycles. The van der Waals surface area contributed by atoms with Crippen LogP contribution in [0.1, 0.15) is 25.0 Å². The van der Waals surface area contributed by atoms with Gasteiger partial charge in [-0.2, -0.15) is 5.26 Å². The molecule has 0 spiro atoms. The van der Waals surface area contributed by atoms with Crippen molar-refractivity contribution >= 4 is 46.6 Å². The van der Waals surface area contributed by atoms with Crippen LogP contribution in [0.5, 0.6) is 11.5 Å². The Morgan fingerprint density at radius 1 is 1.03 bits per heavy atom. The molecule has 6 nitrogen and oxygen atoms in total. The van der Waals surface area contributed by atoms with Gasteiger partial charge in [0.1, 0.15) is 18.2 Å². The summed E-state index contributed by atoms with van der Waals surface area (Å²) in [7, 11) is 1.52. The van der Waals surface area contributed by atoms with Crippen LogP contribution in [-0.2, 0) is 11.4 Å². The van der Waals surface area contributed by atoms with E-state index in [1.165, 1.54) is 13.2 Å². The summed E-state index contributed by atoms with van der Waals surface area (Å²) >= 11 is 12.2. The number of benzene rings is 3. The molecule has 0 heterocycles. The zero-order chi connectivity index (χ0) is 26.1. The number of hydrogen-bond donors (Lipinski definition) is 1. The minimum Gasteiger partial charge on any atom is -0.493 e. The SMILES string of the molecule is CCN(CC)c1ccc(NC(=O)/C(C#N)=C\c2ccc(OCc3ccc(Cl)cc3Cl)c(OC)c2)cc1. The van der Waals surface area contributed by atoms with Gasteiger partial charge in [0.15, 0.2) is 11.5 Å². The zero-order valence-electron chi connectivity index (χ0n) is 20.3. The Hall–Kier alpha value is -3.66. The smallest absolute Gasteiger partial charge is 0.266 e. The fourth-order valence-electron chi connectivity index (χ4n) is 3.55. The second-order valence-electron chi connectivity index (χ2n) is 7.78. The average Bonchev–Trinajstić information content (AvgIpc) is 2.88. The number of nitrogens with zero attached hydrogens (tertiary/aromatic N) is 2. The van der Waals surface area contributed by atoms with E-state index in [1.807, 2.05) is 30.3 Å². The number of anilines is 2. The Morgan fingerprint density at radius 3 is 2.36 bits per heavy atom. The maximum atomic E-state index is 12.7. The number of nitrogens with one attached hydrogen (secondary N) is 1. The highest BCUT2D eigenvalue weighted by molar-refractivity contribution is 6.35. The molecule has 0 saturated carbocycles. The van der Waals surface area contributed by atoms with E-state index in [4.69, 9.17) is 32.7 Å². The molecule has 0 aliphatic carbocycles. The van der Waals surface area contributed by atoms with Crippen molar-refractivity contribution in [2.45, 2.75) is 20.5 Å². The van der Waals surface area contributed by atoms with Crippen molar-refractivity contribution in [3.63, 3.8) is 0 Å². The van der Waals surface area contributed by atoms with Gasteiger partial charge in [0, 0.05) is 40.1 Å². The molecule has 3 aromatic rings. The molecule has 1 N–H and O–H groups in total. The highest BCUT2D eigenvalue weighted by Gasteiger charge is 2.12. The molecule has 1 amide bonds. The fourth-order valence-corrected chi connectivity index (χ4v) is 4.01. The molecular weight excluding hydrogens is 497 g/mol. The van der Waals surface area contributed by atoms with E-state index in [2.05, 4.69) is 24.1 Å². The molecule has 0 fully saturated rings. The molecule has 186 valence electrons. The molecule has 0 aliphatic rings. The van der Waals surface area contributed by atoms with Gasteiger partial charge in [-0.25, -0.2) is 0 Å². The van der Waals surface area contributed by atoms with E-state index in [0.29, 0.717) is 32.8 Å². The minimum absolute atomic E-state index is 0.0357. The predicted octanol–water partition coefficient (Wildman–Crippen LogP) is 6.97. The van der Waals surface area contributed by atoms with Crippen LogP contribution in [0.4, 0.5) is 11.4 Å². The second kappa shape index (κ2) is 12.9. The molecule has 36 heavy (non-hydrogen) atoms. The van der Waals surface area contributed by atoms with Crippen LogP contribution in [0, 0.1) is 11.3 Å². The Labute approximate surface area is 221 Å². The summed E-state index contributed by atoms with van der Waals surface area (Å²) in [6.07, 6.45) is 1.50. The van der Waals surface area contributed by atoms with E-state index < -0.39 is 5.91 Å². The summed E-state index contributed by atoms with van der Waals surface area (Å²) in [6, 6.07) is 19.8. The average molecular weight is 524 g/mol. The van der Waals surface area contributed by atoms with Crippen molar-refractivity contribution in [1.82, 2.24) is 0 Å². The van der Waals surface area contributed by atoms with Gasteiger partial charge >= 0.3 is 0 Å². The van der Waals surface area contributed by atoms with Crippen LogP contribution in [0.2, 0.25) is 10.0 Å². The third-order valence-corrected chi connectivity index (χ3v) is 6.10. The van der Waals surface area contributed by atoms with Gasteiger partial charge in [-0.1, -0.05) is 35.3 Å². The lowest BCUT2D eigenvalue weighted by Crippen LogP contribution is -2.21. The van der Waals surface area contributed by atoms with Crippen LogP contribution in [0.15, 0.2) is 66.2 Å². The van der Waals surface area contributed by atoms with Gasteiger partial charge < -0.3 is 19.7 Å². The first-order valence-electron chi connectivity index (χ1n) is 11.4. The molecule has 0 radical (unpaired) electrons. The maximum Gasteiger partial charge on any atom is 0.266 e. The van der Waals surface area contributed by atoms with Crippen molar-refractivity contribution in [2.24, 2.45) is 0 Å². The summed E-state index contributed by atoms with van der Waals surface area (Å²) in [4.78, 5) is 14.9. The first-order chi connectivity index (χ1) is 17.4. The van der Waals surface area contributed by atoms with Crippen LogP contribution in [-0.4, -0.2) is 26.1 Å². The van der Waals surface area contributed by atoms with Crippen molar-refractivity contribution in [3.05, 3.63) is 87.4 Å². The number of rotatable bonds is 10. The van der Waals surface area contributed by atoms with Crippen molar-refractivity contribution in [1.29, 1.82) is 5.26 Å². The second-order valence-corrected chi connectivity index (χ2v) is 8.62. The molecule has 0 aromatic heterocycles. The number of methoxy groups -OCH3 is 1. The summed E-state index contributed by atoms with van der Waals surface area (Å²) in [5.41, 5.74) is 3.04. The summed E-state index contributed by atoms with van der Waals surface area (Å²) < 4.78 is 11.3. The molecule has 0 aliphatic heterocycles. The molecule has 0 unspecified atom stereocenters. The number of ether oxygens (including phenoxy) is 2. The standard InChI is InChI=1S/C28H27Cl2N3O3/c1-4-33(5-2)24-11-9-23(10-12-24)32-28(34)21(17-31)14-19-6-13-26(27(15-19)35-3)36-18-20-7-8-22(29)16-25(20)30/h6-16H,4-5,18H2,1-3H3,(H,32,34)/b21-14-. The lowest BCUT2D eigenvalue weighted by atomic mass is 10.1. The van der Waals surface area contributed by atoms with Crippen molar-refractivity contribution in [2.75, 3.05) is 30.4 Å². The summed E-state index contributed by atoms with van der Waals surface area (Å²) in [6.45, 7) is 6.19. The number of carbonyl (C=O) groups is 1. The van der Waals surface area contributed by atoms with Crippen molar-refractivity contribution < 1.29 is 14.3 Å². The topological polar surface area (TPSA) is 74.6 Å². The van der Waals surface area contributed by atoms with Gasteiger partial charge in [0.25, 0.3) is 5.91 Å². The Bertz CT molecular complexity index is 1280. The molecule has 0 bridgehead atoms. The lowest BCUT2D eigenvalue weighted by molar-refractivity contribution is -0.112. The molecule has 3 rings (SSSR count). The van der Waals surface area contributed by atoms with Crippen molar-refractivity contribution in [3.8, 4) is 17.6 Å². The largest absolute Gasteiger partial charge is 0.493 e. The van der Waals surface area contributed by atoms with Gasteiger partial charge in [-0.05, 0) is 74.0 Å². The minimum atomic E-state index is -0.496. The predicted molar refractivity (Wildman–Crippen MR) is 146 cm³/mol. The van der Waals surface area contributed by atoms with Crippen LogP contribution < -0.4 is 19.7 Å². The van der Waals surface area contributed by atoms with Gasteiger partial charge in [0.2, 0.25) is 0 Å². The molecule has 8 heteroatoms. The number of halogens is 2. The first-order valence-corrected chi connectivity index (χ1v) is 12.2. The van der Waals surface area contributed by atoms with E-state index in [9.17, 15) is 10.1 Å². The number of carbonyl (C=O) groups excluding carboxylic acids is 1. The van der Waals surface area contributed by atoms with Crippen LogP contribution in [0.3, 0.4) is 0 Å². The molecule has 3 aromatic carbocycles. The highest BCUT2D eigenvalue weighted by atomic mass is 35.5. The monoisotopic (exact) mass is 523 g/mol. The lowest BCUT2D eigenvalue weighted by Gasteiger charge is -2.21. The van der Waals surface area contributed by atoms with Gasteiger partial charge in [-0.15, -0.1) is 0 Å². The van der Waals surface area contributed by atoms with E-state index in [0.717, 1.165) is 24.3 Å². The third-order valence-electron chi connectivity index (χ3n) is 5.52. The normalized spacial score (nSPS) is 10.9. The van der Waals surface area contributed by atoms with E-state index in [-0.39, 0.29) is 12.2 Å². The van der Waals surface area contributed by atoms with E-state index >= 15 is 0 Å². The molecule has 0 atom stereocenters. The van der Waals surface area contributed by atoms with Gasteiger partial charge in [-0.3, -0.25) is 4.79 Å². The quantitative estimate of drug-likeness (QED) is 0.229. The van der Waals surface area contributed by atoms with Crippen LogP contribution in [0.25, 0.3) is 6.08 Å². The zero-order valence-corrected chi connectivity index (χ0v) is 21.9. The molecular formula is C28H27Cl2N3O3. The third kappa shape index (κ3) is 6.94. The Morgan fingerprint density at radius 2 is 1.75 bits per heavy atom.